The molecule has 0 radical (unpaired) electrons. The highest BCUT2D eigenvalue weighted by Crippen LogP contribution is 2.24. The number of hydrogen-bond acceptors (Lipinski definition) is 4. The molecule has 1 aromatic heterocycles. The summed E-state index contributed by atoms with van der Waals surface area (Å²) in [5, 5.41) is 3.65. The second kappa shape index (κ2) is 8.70. The fraction of sp³-hybridized carbons (Fsp3) is 0.789. The number of aromatic nitrogens is 2. The van der Waals surface area contributed by atoms with Crippen LogP contribution in [0.4, 0.5) is 4.79 Å². The first-order chi connectivity index (χ1) is 11.8. The van der Waals surface area contributed by atoms with Gasteiger partial charge < -0.3 is 19.5 Å². The first-order valence-corrected chi connectivity index (χ1v) is 9.48. The van der Waals surface area contributed by atoms with E-state index in [1.807, 2.05) is 40.3 Å². The van der Waals surface area contributed by atoms with Gasteiger partial charge in [-0.2, -0.15) is 0 Å². The number of nitrogens with zero attached hydrogens (tertiary/aromatic N) is 3. The van der Waals surface area contributed by atoms with Gasteiger partial charge in [0.25, 0.3) is 0 Å². The summed E-state index contributed by atoms with van der Waals surface area (Å²) in [5.74, 6) is 0. The summed E-state index contributed by atoms with van der Waals surface area (Å²) >= 11 is 0. The van der Waals surface area contributed by atoms with Gasteiger partial charge >= 0.3 is 6.09 Å². The van der Waals surface area contributed by atoms with Gasteiger partial charge in [0.05, 0.1) is 12.0 Å². The predicted molar refractivity (Wildman–Crippen MR) is 99.4 cm³/mol. The molecule has 6 heteroatoms. The van der Waals surface area contributed by atoms with Gasteiger partial charge in [-0.25, -0.2) is 9.78 Å². The van der Waals surface area contributed by atoms with E-state index >= 15 is 0 Å². The average Bonchev–Trinajstić information content (AvgIpc) is 2.99. The normalized spacial score (nSPS) is 21.2. The van der Waals surface area contributed by atoms with E-state index in [9.17, 15) is 4.79 Å². The van der Waals surface area contributed by atoms with Crippen LogP contribution in [-0.2, 0) is 17.8 Å². The molecular weight excluding hydrogens is 316 g/mol. The Morgan fingerprint density at radius 2 is 2.04 bits per heavy atom. The van der Waals surface area contributed by atoms with E-state index in [4.69, 9.17) is 4.74 Å². The van der Waals surface area contributed by atoms with Crippen molar-refractivity contribution in [2.45, 2.75) is 90.6 Å². The van der Waals surface area contributed by atoms with E-state index in [-0.39, 0.29) is 12.1 Å². The molecular formula is C19H34N4O2. The molecule has 1 saturated carbocycles. The van der Waals surface area contributed by atoms with Gasteiger partial charge in [0, 0.05) is 38.4 Å². The monoisotopic (exact) mass is 350 g/mol. The molecule has 0 aromatic carbocycles. The summed E-state index contributed by atoms with van der Waals surface area (Å²) in [5.41, 5.74) is 0.806. The van der Waals surface area contributed by atoms with Crippen LogP contribution in [0.3, 0.4) is 0 Å². The van der Waals surface area contributed by atoms with E-state index in [1.165, 1.54) is 5.69 Å². The lowest BCUT2D eigenvalue weighted by Crippen LogP contribution is -2.45. The first-order valence-electron chi connectivity index (χ1n) is 9.48. The van der Waals surface area contributed by atoms with Crippen LogP contribution in [-0.4, -0.2) is 45.3 Å². The SMILES string of the molecule is CCCn1cncc1CNC1CCC(N(C)C(=O)OC(C)(C)C)CC1. The van der Waals surface area contributed by atoms with E-state index in [0.29, 0.717) is 6.04 Å². The average molecular weight is 351 g/mol. The number of carbonyl (C=O) groups is 1. The third-order valence-corrected chi connectivity index (χ3v) is 4.76. The smallest absolute Gasteiger partial charge is 0.410 e. The van der Waals surface area contributed by atoms with Crippen molar-refractivity contribution in [3.63, 3.8) is 0 Å². The van der Waals surface area contributed by atoms with Crippen LogP contribution in [0.5, 0.6) is 0 Å². The molecule has 2 rings (SSSR count). The maximum atomic E-state index is 12.2. The Morgan fingerprint density at radius 1 is 1.36 bits per heavy atom. The molecule has 0 unspecified atom stereocenters. The first kappa shape index (κ1) is 19.8. The van der Waals surface area contributed by atoms with E-state index in [2.05, 4.69) is 21.8 Å². The van der Waals surface area contributed by atoms with Gasteiger partial charge in [0.1, 0.15) is 5.60 Å². The van der Waals surface area contributed by atoms with Crippen LogP contribution in [0.2, 0.25) is 0 Å². The van der Waals surface area contributed by atoms with Crippen molar-refractivity contribution in [1.29, 1.82) is 0 Å². The molecule has 1 aliphatic rings. The van der Waals surface area contributed by atoms with Gasteiger partial charge in [-0.1, -0.05) is 6.92 Å². The molecule has 1 aromatic rings. The van der Waals surface area contributed by atoms with Crippen LogP contribution >= 0.6 is 0 Å². The molecule has 1 amide bonds. The fourth-order valence-corrected chi connectivity index (χ4v) is 3.34. The lowest BCUT2D eigenvalue weighted by molar-refractivity contribution is 0.0179. The predicted octanol–water partition coefficient (Wildman–Crippen LogP) is 3.56. The van der Waals surface area contributed by atoms with Gasteiger partial charge in [-0.3, -0.25) is 0 Å². The number of imidazole rings is 1. The van der Waals surface area contributed by atoms with Gasteiger partial charge in [-0.05, 0) is 52.9 Å². The summed E-state index contributed by atoms with van der Waals surface area (Å²) in [6, 6.07) is 0.784. The second-order valence-electron chi connectivity index (χ2n) is 8.06. The molecule has 0 bridgehead atoms. The third-order valence-electron chi connectivity index (χ3n) is 4.76. The lowest BCUT2D eigenvalue weighted by Gasteiger charge is -2.35. The molecule has 25 heavy (non-hydrogen) atoms. The summed E-state index contributed by atoms with van der Waals surface area (Å²) in [6.45, 7) is 9.77. The van der Waals surface area contributed by atoms with Gasteiger partial charge in [0.2, 0.25) is 0 Å². The highest BCUT2D eigenvalue weighted by atomic mass is 16.6. The maximum absolute atomic E-state index is 12.2. The standard InChI is InChI=1S/C19H34N4O2/c1-6-11-23-14-20-12-17(23)13-21-15-7-9-16(10-8-15)22(5)18(24)25-19(2,3)4/h12,14-16,21H,6-11,13H2,1-5H3. The van der Waals surface area contributed by atoms with E-state index in [0.717, 1.165) is 45.2 Å². The largest absolute Gasteiger partial charge is 0.444 e. The zero-order valence-electron chi connectivity index (χ0n) is 16.4. The molecule has 1 aliphatic carbocycles. The molecule has 1 N–H and O–H groups in total. The highest BCUT2D eigenvalue weighted by Gasteiger charge is 2.29. The zero-order chi connectivity index (χ0) is 18.4. The lowest BCUT2D eigenvalue weighted by atomic mass is 9.90. The van der Waals surface area contributed by atoms with E-state index < -0.39 is 5.60 Å². The molecule has 1 heterocycles. The van der Waals surface area contributed by atoms with Crippen molar-refractivity contribution in [3.8, 4) is 0 Å². The van der Waals surface area contributed by atoms with Crippen LogP contribution in [0, 0.1) is 0 Å². The summed E-state index contributed by atoms with van der Waals surface area (Å²) in [4.78, 5) is 18.2. The van der Waals surface area contributed by atoms with Crippen LogP contribution in [0.15, 0.2) is 12.5 Å². The van der Waals surface area contributed by atoms with Crippen molar-refractivity contribution < 1.29 is 9.53 Å². The third kappa shape index (κ3) is 6.03. The van der Waals surface area contributed by atoms with Gasteiger partial charge in [-0.15, -0.1) is 0 Å². The fourth-order valence-electron chi connectivity index (χ4n) is 3.34. The Hall–Kier alpha value is -1.56. The molecule has 1 fully saturated rings. The quantitative estimate of drug-likeness (QED) is 0.852. The minimum atomic E-state index is -0.439. The highest BCUT2D eigenvalue weighted by molar-refractivity contribution is 5.68. The summed E-state index contributed by atoms with van der Waals surface area (Å²) in [6.07, 6.45) is 8.96. The number of rotatable bonds is 6. The van der Waals surface area contributed by atoms with Crippen molar-refractivity contribution in [1.82, 2.24) is 19.8 Å². The molecule has 6 nitrogen and oxygen atoms in total. The zero-order valence-corrected chi connectivity index (χ0v) is 16.4. The van der Waals surface area contributed by atoms with Crippen molar-refractivity contribution in [2.24, 2.45) is 0 Å². The number of ether oxygens (including phenoxy) is 1. The van der Waals surface area contributed by atoms with E-state index in [1.54, 1.807) is 4.90 Å². The summed E-state index contributed by atoms with van der Waals surface area (Å²) in [7, 11) is 1.86. The topological polar surface area (TPSA) is 59.4 Å². The Morgan fingerprint density at radius 3 is 2.64 bits per heavy atom. The molecule has 0 spiro atoms. The maximum Gasteiger partial charge on any atom is 0.410 e. The number of hydrogen-bond donors (Lipinski definition) is 1. The summed E-state index contributed by atoms with van der Waals surface area (Å²) < 4.78 is 7.69. The Labute approximate surface area is 151 Å². The van der Waals surface area contributed by atoms with Crippen molar-refractivity contribution in [2.75, 3.05) is 7.05 Å². The van der Waals surface area contributed by atoms with Crippen LogP contribution in [0.25, 0.3) is 0 Å². The van der Waals surface area contributed by atoms with Crippen molar-refractivity contribution >= 4 is 6.09 Å². The Balaban J connectivity index is 1.75. The van der Waals surface area contributed by atoms with Crippen LogP contribution < -0.4 is 5.32 Å². The molecule has 0 atom stereocenters. The Bertz CT molecular complexity index is 542. The molecule has 0 saturated heterocycles. The van der Waals surface area contributed by atoms with Crippen molar-refractivity contribution in [3.05, 3.63) is 18.2 Å². The minimum Gasteiger partial charge on any atom is -0.444 e. The Kier molecular flexibility index (Phi) is 6.87. The molecule has 0 aliphatic heterocycles. The number of amides is 1. The number of carbonyl (C=O) groups excluding carboxylic acids is 1. The minimum absolute atomic E-state index is 0.215. The number of nitrogens with one attached hydrogen (secondary N) is 1. The molecule has 142 valence electrons. The van der Waals surface area contributed by atoms with Gasteiger partial charge in [0.15, 0.2) is 0 Å². The number of aryl methyl sites for hydroxylation is 1. The van der Waals surface area contributed by atoms with Crippen LogP contribution in [0.1, 0.15) is 65.5 Å². The second-order valence-corrected chi connectivity index (χ2v) is 8.06.